The third-order valence-electron chi connectivity index (χ3n) is 3.91. The summed E-state index contributed by atoms with van der Waals surface area (Å²) in [6.45, 7) is 6.47. The van der Waals surface area contributed by atoms with Crippen LogP contribution in [-0.4, -0.2) is 28.5 Å². The molecule has 1 unspecified atom stereocenters. The summed E-state index contributed by atoms with van der Waals surface area (Å²) in [5.74, 6) is 0.926. The molecular weight excluding hydrogens is 328 g/mol. The summed E-state index contributed by atoms with van der Waals surface area (Å²) in [7, 11) is 0. The number of Topliss-reactive ketones (excluding diaryl/α,β-unsaturated/α-hetero) is 1. The van der Waals surface area contributed by atoms with Gasteiger partial charge in [0.1, 0.15) is 11.5 Å². The van der Waals surface area contributed by atoms with Gasteiger partial charge in [0.25, 0.3) is 0 Å². The molecule has 23 heavy (non-hydrogen) atoms. The van der Waals surface area contributed by atoms with Gasteiger partial charge in [-0.1, -0.05) is 40.0 Å². The van der Waals surface area contributed by atoms with Crippen LogP contribution >= 0.6 is 23.5 Å². The average Bonchev–Trinajstić information content (AvgIpc) is 2.47. The number of phenols is 2. The van der Waals surface area contributed by atoms with Gasteiger partial charge in [0, 0.05) is 6.42 Å². The monoisotopic (exact) mass is 356 g/mol. The predicted octanol–water partition coefficient (Wildman–Crippen LogP) is 5.58. The van der Waals surface area contributed by atoms with Crippen LogP contribution in [0.1, 0.15) is 56.8 Å². The van der Waals surface area contributed by atoms with Crippen molar-refractivity contribution in [1.82, 2.24) is 0 Å². The number of carbonyl (C=O) groups is 1. The minimum Gasteiger partial charge on any atom is -0.507 e. The van der Waals surface area contributed by atoms with Gasteiger partial charge in [-0.2, -0.15) is 0 Å². The van der Waals surface area contributed by atoms with Gasteiger partial charge >= 0.3 is 0 Å². The van der Waals surface area contributed by atoms with E-state index in [2.05, 4.69) is 20.8 Å². The van der Waals surface area contributed by atoms with Crippen molar-refractivity contribution in [2.45, 2.75) is 56.2 Å². The van der Waals surface area contributed by atoms with E-state index in [1.807, 2.05) is 12.5 Å². The van der Waals surface area contributed by atoms with Crippen molar-refractivity contribution in [3.8, 4) is 11.5 Å². The second-order valence-corrected chi connectivity index (χ2v) is 8.05. The average molecular weight is 357 g/mol. The van der Waals surface area contributed by atoms with E-state index in [0.29, 0.717) is 22.1 Å². The molecule has 1 atom stereocenters. The Morgan fingerprint density at radius 2 is 1.70 bits per heavy atom. The van der Waals surface area contributed by atoms with Crippen LogP contribution in [0, 0.1) is 11.8 Å². The molecule has 1 aromatic rings. The number of hydrogen-bond donors (Lipinski definition) is 2. The van der Waals surface area contributed by atoms with Crippen LogP contribution in [-0.2, 0) is 0 Å². The van der Waals surface area contributed by atoms with Crippen molar-refractivity contribution >= 4 is 29.3 Å². The Balaban J connectivity index is 2.86. The number of rotatable bonds is 9. The quantitative estimate of drug-likeness (QED) is 0.344. The first-order valence-corrected chi connectivity index (χ1v) is 10.5. The third-order valence-corrected chi connectivity index (χ3v) is 5.67. The maximum absolute atomic E-state index is 12.5. The van der Waals surface area contributed by atoms with E-state index in [4.69, 9.17) is 0 Å². The minimum atomic E-state index is -0.0993. The van der Waals surface area contributed by atoms with Gasteiger partial charge in [-0.15, -0.1) is 23.5 Å². The lowest BCUT2D eigenvalue weighted by Gasteiger charge is -2.15. The van der Waals surface area contributed by atoms with E-state index < -0.39 is 0 Å². The highest BCUT2D eigenvalue weighted by atomic mass is 32.2. The molecule has 0 radical (unpaired) electrons. The molecule has 3 nitrogen and oxygen atoms in total. The lowest BCUT2D eigenvalue weighted by Crippen LogP contribution is -2.07. The fourth-order valence-corrected chi connectivity index (χ4v) is 4.26. The summed E-state index contributed by atoms with van der Waals surface area (Å²) in [6.07, 6.45) is 7.37. The maximum Gasteiger partial charge on any atom is 0.167 e. The molecule has 0 fully saturated rings. The molecule has 1 rings (SSSR count). The molecule has 1 aromatic carbocycles. The molecule has 2 N–H and O–H groups in total. The van der Waals surface area contributed by atoms with Gasteiger partial charge in [-0.25, -0.2) is 0 Å². The molecule has 0 spiro atoms. The van der Waals surface area contributed by atoms with Gasteiger partial charge in [-0.3, -0.25) is 4.79 Å². The van der Waals surface area contributed by atoms with Crippen molar-refractivity contribution < 1.29 is 15.0 Å². The zero-order valence-corrected chi connectivity index (χ0v) is 16.3. The second kappa shape index (κ2) is 9.48. The number of aromatic hydroxyl groups is 2. The predicted molar refractivity (Wildman–Crippen MR) is 100 cm³/mol. The fourth-order valence-electron chi connectivity index (χ4n) is 2.62. The lowest BCUT2D eigenvalue weighted by molar-refractivity contribution is 0.0958. The highest BCUT2D eigenvalue weighted by Crippen LogP contribution is 2.44. The highest BCUT2D eigenvalue weighted by molar-refractivity contribution is 8.01. The molecule has 0 heterocycles. The Hall–Kier alpha value is -0.810. The largest absolute Gasteiger partial charge is 0.507 e. The Morgan fingerprint density at radius 1 is 1.09 bits per heavy atom. The summed E-state index contributed by atoms with van der Waals surface area (Å²) < 4.78 is 0. The highest BCUT2D eigenvalue weighted by Gasteiger charge is 2.22. The molecule has 5 heteroatoms. The van der Waals surface area contributed by atoms with E-state index in [9.17, 15) is 15.0 Å². The van der Waals surface area contributed by atoms with Crippen LogP contribution < -0.4 is 0 Å². The smallest absolute Gasteiger partial charge is 0.167 e. The molecule has 0 saturated heterocycles. The summed E-state index contributed by atoms with van der Waals surface area (Å²) in [5, 5.41) is 20.5. The van der Waals surface area contributed by atoms with Gasteiger partial charge in [-0.05, 0) is 30.4 Å². The van der Waals surface area contributed by atoms with Gasteiger partial charge < -0.3 is 10.2 Å². The molecule has 0 aliphatic rings. The van der Waals surface area contributed by atoms with Crippen LogP contribution in [0.3, 0.4) is 0 Å². The van der Waals surface area contributed by atoms with Crippen LogP contribution in [0.25, 0.3) is 0 Å². The zero-order chi connectivity index (χ0) is 17.6. The number of ketones is 1. The van der Waals surface area contributed by atoms with E-state index >= 15 is 0 Å². The molecule has 0 aliphatic carbocycles. The summed E-state index contributed by atoms with van der Waals surface area (Å²) >= 11 is 2.71. The second-order valence-electron chi connectivity index (χ2n) is 6.42. The Kier molecular flexibility index (Phi) is 8.34. The summed E-state index contributed by atoms with van der Waals surface area (Å²) in [5.41, 5.74) is 0.236. The van der Waals surface area contributed by atoms with Crippen LogP contribution in [0.4, 0.5) is 0 Å². The SMILES string of the molecule is CSc1c(O)cc(C(=O)CC(C)CCCC(C)C)c(O)c1SC. The Bertz CT molecular complexity index is 542. The van der Waals surface area contributed by atoms with Crippen molar-refractivity contribution in [2.75, 3.05) is 12.5 Å². The van der Waals surface area contributed by atoms with Crippen LogP contribution in [0.2, 0.25) is 0 Å². The molecule has 0 bridgehead atoms. The van der Waals surface area contributed by atoms with E-state index in [1.165, 1.54) is 36.0 Å². The number of hydrogen-bond acceptors (Lipinski definition) is 5. The van der Waals surface area contributed by atoms with Crippen LogP contribution in [0.15, 0.2) is 15.9 Å². The van der Waals surface area contributed by atoms with Crippen molar-refractivity contribution in [1.29, 1.82) is 0 Å². The molecule has 0 saturated carbocycles. The van der Waals surface area contributed by atoms with E-state index in [-0.39, 0.29) is 28.8 Å². The third kappa shape index (κ3) is 5.64. The van der Waals surface area contributed by atoms with Gasteiger partial charge in [0.05, 0.1) is 15.4 Å². The fraction of sp³-hybridized carbons (Fsp3) is 0.611. The summed E-state index contributed by atoms with van der Waals surface area (Å²) in [4.78, 5) is 13.7. The first kappa shape index (κ1) is 20.2. The Labute approximate surface area is 148 Å². The first-order valence-electron chi connectivity index (χ1n) is 8.01. The molecule has 130 valence electrons. The summed E-state index contributed by atoms with van der Waals surface area (Å²) in [6, 6.07) is 1.41. The minimum absolute atomic E-state index is 0.000898. The van der Waals surface area contributed by atoms with Crippen molar-refractivity contribution in [3.63, 3.8) is 0 Å². The topological polar surface area (TPSA) is 57.5 Å². The van der Waals surface area contributed by atoms with Crippen molar-refractivity contribution in [2.24, 2.45) is 11.8 Å². The standard InChI is InChI=1S/C18H28O3S2/c1-11(2)7-6-8-12(3)9-14(19)13-10-15(20)17(22-4)18(23-5)16(13)21/h10-12,20-21H,6-9H2,1-5H3. The first-order chi connectivity index (χ1) is 10.8. The lowest BCUT2D eigenvalue weighted by atomic mass is 9.93. The van der Waals surface area contributed by atoms with E-state index in [0.717, 1.165) is 12.8 Å². The molecule has 0 amide bonds. The van der Waals surface area contributed by atoms with Gasteiger partial charge in [0.15, 0.2) is 5.78 Å². The zero-order valence-electron chi connectivity index (χ0n) is 14.7. The van der Waals surface area contributed by atoms with Gasteiger partial charge in [0.2, 0.25) is 0 Å². The normalized spacial score (nSPS) is 12.6. The Morgan fingerprint density at radius 3 is 2.22 bits per heavy atom. The number of carbonyl (C=O) groups excluding carboxylic acids is 1. The maximum atomic E-state index is 12.5. The van der Waals surface area contributed by atoms with Crippen molar-refractivity contribution in [3.05, 3.63) is 11.6 Å². The molecular formula is C18H28O3S2. The molecule has 0 aliphatic heterocycles. The number of benzene rings is 1. The van der Waals surface area contributed by atoms with Crippen LogP contribution in [0.5, 0.6) is 11.5 Å². The van der Waals surface area contributed by atoms with E-state index in [1.54, 1.807) is 0 Å². The molecule has 0 aromatic heterocycles. The number of thioether (sulfide) groups is 2. The number of phenolic OH excluding ortho intramolecular Hbond substituents is 2.